The molecule has 0 saturated heterocycles. The molecule has 1 unspecified atom stereocenters. The second kappa shape index (κ2) is 11.6. The summed E-state index contributed by atoms with van der Waals surface area (Å²) < 4.78 is 1.70. The van der Waals surface area contributed by atoms with Crippen molar-refractivity contribution in [2.75, 3.05) is 13.6 Å². The lowest BCUT2D eigenvalue weighted by molar-refractivity contribution is -0.123. The average Bonchev–Trinajstić information content (AvgIpc) is 3.26. The molecule has 0 radical (unpaired) electrons. The Kier molecular flexibility index (Phi) is 10.3. The van der Waals surface area contributed by atoms with Crippen molar-refractivity contribution in [3.8, 4) is 0 Å². The number of nitrogens with one attached hydrogen (secondary N) is 2. The van der Waals surface area contributed by atoms with Gasteiger partial charge in [0.2, 0.25) is 5.91 Å². The molecule has 2 aromatic heterocycles. The van der Waals surface area contributed by atoms with Crippen LogP contribution in [0.4, 0.5) is 0 Å². The predicted octanol–water partition coefficient (Wildman–Crippen LogP) is 3.39. The van der Waals surface area contributed by atoms with E-state index >= 15 is 0 Å². The van der Waals surface area contributed by atoms with Crippen LogP contribution in [-0.2, 0) is 18.3 Å². The third-order valence-corrected chi connectivity index (χ3v) is 5.77. The van der Waals surface area contributed by atoms with Crippen LogP contribution in [0.3, 0.4) is 0 Å². The maximum Gasteiger partial charge on any atom is 0.241 e. The lowest BCUT2D eigenvalue weighted by Crippen LogP contribution is -2.36. The van der Waals surface area contributed by atoms with Crippen molar-refractivity contribution < 1.29 is 4.79 Å². The molecular weight excluding hydrogens is 405 g/mol. The van der Waals surface area contributed by atoms with Crippen molar-refractivity contribution in [2.45, 2.75) is 50.5 Å². The molecule has 1 aliphatic carbocycles. The summed E-state index contributed by atoms with van der Waals surface area (Å²) in [5.74, 6) is 0.618. The highest BCUT2D eigenvalue weighted by Crippen LogP contribution is 2.33. The molecule has 1 saturated carbocycles. The number of hydrogen-bond acceptors (Lipinski definition) is 5. The molecule has 0 aromatic carbocycles. The van der Waals surface area contributed by atoms with Crippen LogP contribution < -0.4 is 10.6 Å². The molecule has 0 spiro atoms. The van der Waals surface area contributed by atoms with E-state index in [1.54, 1.807) is 29.3 Å². The number of aromatic nitrogens is 3. The molecule has 27 heavy (non-hydrogen) atoms. The zero-order chi connectivity index (χ0) is 17.6. The first-order chi connectivity index (χ1) is 12.2. The number of hydrogen-bond donors (Lipinski definition) is 2. The third kappa shape index (κ3) is 6.45. The minimum atomic E-state index is -0.372. The van der Waals surface area contributed by atoms with E-state index in [1.165, 1.54) is 37.8 Å². The summed E-state index contributed by atoms with van der Waals surface area (Å²) in [6.45, 7) is 0.606. The van der Waals surface area contributed by atoms with Crippen LogP contribution in [0.25, 0.3) is 0 Å². The summed E-state index contributed by atoms with van der Waals surface area (Å²) >= 11 is 1.72. The molecule has 2 heterocycles. The zero-order valence-electron chi connectivity index (χ0n) is 15.8. The van der Waals surface area contributed by atoms with Crippen LogP contribution in [0.15, 0.2) is 17.8 Å². The number of nitrogens with zero attached hydrogens (tertiary/aromatic N) is 3. The number of carbonyl (C=O) groups excluding carboxylic acids is 1. The number of aryl methyl sites for hydroxylation is 1. The fraction of sp³-hybridized carbons (Fsp3) is 0.611. The Morgan fingerprint density at radius 1 is 1.33 bits per heavy atom. The van der Waals surface area contributed by atoms with Gasteiger partial charge in [-0.25, -0.2) is 4.98 Å². The smallest absolute Gasteiger partial charge is 0.241 e. The quantitative estimate of drug-likeness (QED) is 0.701. The van der Waals surface area contributed by atoms with Crippen molar-refractivity contribution in [1.29, 1.82) is 0 Å². The molecule has 3 rings (SSSR count). The van der Waals surface area contributed by atoms with Gasteiger partial charge in [-0.05, 0) is 19.9 Å². The minimum absolute atomic E-state index is 0. The van der Waals surface area contributed by atoms with Crippen molar-refractivity contribution in [3.05, 3.63) is 34.0 Å². The van der Waals surface area contributed by atoms with E-state index in [0.717, 1.165) is 17.0 Å². The average molecular weight is 434 g/mol. The lowest BCUT2D eigenvalue weighted by Gasteiger charge is -2.19. The topological polar surface area (TPSA) is 71.8 Å². The first-order valence-electron chi connectivity index (χ1n) is 9.05. The molecule has 1 aliphatic rings. The van der Waals surface area contributed by atoms with Gasteiger partial charge in [-0.1, -0.05) is 19.3 Å². The summed E-state index contributed by atoms with van der Waals surface area (Å²) in [6.07, 6.45) is 10.9. The molecule has 0 bridgehead atoms. The van der Waals surface area contributed by atoms with E-state index in [4.69, 9.17) is 4.98 Å². The first kappa shape index (κ1) is 23.9. The van der Waals surface area contributed by atoms with Gasteiger partial charge in [0.15, 0.2) is 0 Å². The summed E-state index contributed by atoms with van der Waals surface area (Å²) in [6, 6.07) is -0.372. The molecule has 6 nitrogen and oxygen atoms in total. The van der Waals surface area contributed by atoms with Crippen LogP contribution in [0, 0.1) is 0 Å². The second-order valence-electron chi connectivity index (χ2n) is 6.71. The SMILES string of the molecule is CNC(C(=O)NCCc1nc(C2CCCCC2)cs1)c1cnn(C)c1.Cl.Cl. The van der Waals surface area contributed by atoms with Crippen molar-refractivity contribution in [1.82, 2.24) is 25.4 Å². The lowest BCUT2D eigenvalue weighted by atomic mass is 9.87. The Balaban J connectivity index is 0.00000182. The molecule has 1 atom stereocenters. The number of carbonyl (C=O) groups is 1. The number of halogens is 2. The van der Waals surface area contributed by atoms with Gasteiger partial charge >= 0.3 is 0 Å². The van der Waals surface area contributed by atoms with Crippen LogP contribution in [0.5, 0.6) is 0 Å². The first-order valence-corrected chi connectivity index (χ1v) is 9.93. The molecule has 1 fully saturated rings. The van der Waals surface area contributed by atoms with Gasteiger partial charge in [0, 0.05) is 43.1 Å². The maximum atomic E-state index is 12.4. The van der Waals surface area contributed by atoms with E-state index < -0.39 is 0 Å². The van der Waals surface area contributed by atoms with E-state index in [0.29, 0.717) is 12.5 Å². The molecule has 1 amide bonds. The van der Waals surface area contributed by atoms with Gasteiger partial charge in [0.05, 0.1) is 16.9 Å². The monoisotopic (exact) mass is 433 g/mol. The number of amides is 1. The van der Waals surface area contributed by atoms with Gasteiger partial charge in [-0.2, -0.15) is 5.10 Å². The van der Waals surface area contributed by atoms with Gasteiger partial charge in [-0.15, -0.1) is 36.2 Å². The van der Waals surface area contributed by atoms with Gasteiger partial charge in [0.25, 0.3) is 0 Å². The summed E-state index contributed by atoms with van der Waals surface area (Å²) in [4.78, 5) is 17.2. The van der Waals surface area contributed by atoms with Crippen LogP contribution in [-0.4, -0.2) is 34.3 Å². The zero-order valence-corrected chi connectivity index (χ0v) is 18.3. The Morgan fingerprint density at radius 3 is 2.70 bits per heavy atom. The Morgan fingerprint density at radius 2 is 2.07 bits per heavy atom. The van der Waals surface area contributed by atoms with Crippen molar-refractivity contribution in [2.24, 2.45) is 7.05 Å². The summed E-state index contributed by atoms with van der Waals surface area (Å²) in [5, 5.41) is 13.5. The fourth-order valence-electron chi connectivity index (χ4n) is 3.46. The molecule has 0 aliphatic heterocycles. The molecule has 152 valence electrons. The normalized spacial score (nSPS) is 15.5. The largest absolute Gasteiger partial charge is 0.354 e. The highest BCUT2D eigenvalue weighted by atomic mass is 35.5. The molecular formula is C18H29Cl2N5OS. The van der Waals surface area contributed by atoms with Gasteiger partial charge in [0.1, 0.15) is 6.04 Å². The molecule has 2 aromatic rings. The van der Waals surface area contributed by atoms with E-state index in [-0.39, 0.29) is 36.8 Å². The van der Waals surface area contributed by atoms with E-state index in [2.05, 4.69) is 21.1 Å². The van der Waals surface area contributed by atoms with Crippen LogP contribution >= 0.6 is 36.2 Å². The van der Waals surface area contributed by atoms with Crippen LogP contribution in [0.1, 0.15) is 60.3 Å². The number of likely N-dealkylation sites (N-methyl/N-ethyl adjacent to an activating group) is 1. The van der Waals surface area contributed by atoms with E-state index in [1.807, 2.05) is 13.2 Å². The van der Waals surface area contributed by atoms with E-state index in [9.17, 15) is 4.79 Å². The summed E-state index contributed by atoms with van der Waals surface area (Å²) in [5.41, 5.74) is 2.13. The Hall–Kier alpha value is -1.15. The second-order valence-corrected chi connectivity index (χ2v) is 7.65. The Bertz CT molecular complexity index is 699. The predicted molar refractivity (Wildman–Crippen MR) is 114 cm³/mol. The van der Waals surface area contributed by atoms with Gasteiger partial charge in [-0.3, -0.25) is 9.48 Å². The molecule has 2 N–H and O–H groups in total. The minimum Gasteiger partial charge on any atom is -0.354 e. The number of rotatable bonds is 7. The Labute approximate surface area is 177 Å². The van der Waals surface area contributed by atoms with Crippen molar-refractivity contribution in [3.63, 3.8) is 0 Å². The van der Waals surface area contributed by atoms with Crippen LogP contribution in [0.2, 0.25) is 0 Å². The highest BCUT2D eigenvalue weighted by molar-refractivity contribution is 7.09. The van der Waals surface area contributed by atoms with Crippen molar-refractivity contribution >= 4 is 42.1 Å². The van der Waals surface area contributed by atoms with Gasteiger partial charge < -0.3 is 10.6 Å². The number of thiazole rings is 1. The summed E-state index contributed by atoms with van der Waals surface area (Å²) in [7, 11) is 3.63. The fourth-order valence-corrected chi connectivity index (χ4v) is 4.34. The molecule has 9 heteroatoms. The highest BCUT2D eigenvalue weighted by Gasteiger charge is 2.20. The third-order valence-electron chi connectivity index (χ3n) is 4.84. The standard InChI is InChI=1S/C18H27N5OS.2ClH/c1-19-17(14-10-21-23(2)11-14)18(24)20-9-8-16-22-15(12-25-16)13-6-4-3-5-7-13;;/h10-13,17,19H,3-9H2,1-2H3,(H,20,24);2*1H. The maximum absolute atomic E-state index is 12.4.